The van der Waals surface area contributed by atoms with Crippen molar-refractivity contribution in [2.24, 2.45) is 5.92 Å². The van der Waals surface area contributed by atoms with Gasteiger partial charge in [-0.15, -0.1) is 11.3 Å². The van der Waals surface area contributed by atoms with Gasteiger partial charge < -0.3 is 10.6 Å². The van der Waals surface area contributed by atoms with Crippen LogP contribution >= 0.6 is 11.3 Å². The summed E-state index contributed by atoms with van der Waals surface area (Å²) >= 11 is 1.52. The zero-order valence-corrected chi connectivity index (χ0v) is 12.9. The van der Waals surface area contributed by atoms with Crippen molar-refractivity contribution in [2.75, 3.05) is 6.54 Å². The Balaban J connectivity index is 1.54. The highest BCUT2D eigenvalue weighted by molar-refractivity contribution is 7.17. The number of carbonyl (C=O) groups is 1. The molecule has 0 atom stereocenters. The van der Waals surface area contributed by atoms with Gasteiger partial charge in [0, 0.05) is 17.5 Å². The van der Waals surface area contributed by atoms with Gasteiger partial charge in [0.2, 0.25) is 0 Å². The number of benzene rings is 1. The van der Waals surface area contributed by atoms with Gasteiger partial charge in [0.25, 0.3) is 5.91 Å². The van der Waals surface area contributed by atoms with E-state index in [4.69, 9.17) is 5.26 Å². The lowest BCUT2D eigenvalue weighted by molar-refractivity contribution is 0.0894. The molecular formula is C17H17N3OS. The van der Waals surface area contributed by atoms with Crippen LogP contribution < -0.4 is 10.6 Å². The summed E-state index contributed by atoms with van der Waals surface area (Å²) in [4.78, 5) is 14.1. The molecule has 1 heterocycles. The average molecular weight is 311 g/mol. The Hall–Kier alpha value is -2.32. The maximum Gasteiger partial charge on any atom is 0.261 e. The van der Waals surface area contributed by atoms with Crippen molar-refractivity contribution in [3.63, 3.8) is 0 Å². The van der Waals surface area contributed by atoms with Crippen molar-refractivity contribution < 1.29 is 4.79 Å². The van der Waals surface area contributed by atoms with Crippen molar-refractivity contribution in [1.82, 2.24) is 10.6 Å². The lowest BCUT2D eigenvalue weighted by atomic mass is 9.80. The number of thiophene rings is 1. The van der Waals surface area contributed by atoms with Gasteiger partial charge in [-0.25, -0.2) is 0 Å². The summed E-state index contributed by atoms with van der Waals surface area (Å²) in [5.41, 5.74) is 1.14. The smallest absolute Gasteiger partial charge is 0.261 e. The molecule has 0 bridgehead atoms. The van der Waals surface area contributed by atoms with Crippen molar-refractivity contribution in [2.45, 2.75) is 18.9 Å². The summed E-state index contributed by atoms with van der Waals surface area (Å²) < 4.78 is 0. The minimum Gasteiger partial charge on any atom is -0.349 e. The first-order chi connectivity index (χ1) is 10.8. The Morgan fingerprint density at radius 2 is 2.00 bits per heavy atom. The Bertz CT molecular complexity index is 683. The summed E-state index contributed by atoms with van der Waals surface area (Å²) in [6.07, 6.45) is 3.81. The van der Waals surface area contributed by atoms with E-state index in [0.29, 0.717) is 12.5 Å². The van der Waals surface area contributed by atoms with Crippen LogP contribution in [0.4, 0.5) is 0 Å². The molecule has 1 aliphatic rings. The molecule has 1 aromatic heterocycles. The molecule has 0 aliphatic heterocycles. The standard InChI is InChI=1S/C17H17N3OS/c18-11-19-10-12-8-14(9-12)20-17(21)16-7-6-15(22-16)13-4-2-1-3-5-13/h1-7,12,14,19H,8-10H2,(H,20,21). The van der Waals surface area contributed by atoms with Crippen LogP contribution in [0, 0.1) is 17.4 Å². The number of carbonyl (C=O) groups excluding carboxylic acids is 1. The van der Waals surface area contributed by atoms with Gasteiger partial charge in [-0.2, -0.15) is 5.26 Å². The molecule has 1 aliphatic carbocycles. The Morgan fingerprint density at radius 1 is 1.23 bits per heavy atom. The normalized spacial score (nSPS) is 19.8. The second-order valence-electron chi connectivity index (χ2n) is 5.53. The minimum absolute atomic E-state index is 0.00359. The fourth-order valence-electron chi connectivity index (χ4n) is 2.68. The molecule has 1 amide bonds. The lowest BCUT2D eigenvalue weighted by Gasteiger charge is -2.35. The highest BCUT2D eigenvalue weighted by Gasteiger charge is 2.30. The molecule has 0 saturated heterocycles. The Labute approximate surface area is 133 Å². The Morgan fingerprint density at radius 3 is 2.73 bits per heavy atom. The van der Waals surface area contributed by atoms with Crippen molar-refractivity contribution in [1.29, 1.82) is 5.26 Å². The van der Waals surface area contributed by atoms with Gasteiger partial charge in [0.05, 0.1) is 4.88 Å². The lowest BCUT2D eigenvalue weighted by Crippen LogP contribution is -2.46. The van der Waals surface area contributed by atoms with Crippen LogP contribution in [0.25, 0.3) is 10.4 Å². The number of nitrogens with one attached hydrogen (secondary N) is 2. The van der Waals surface area contributed by atoms with Crippen LogP contribution in [0.5, 0.6) is 0 Å². The molecule has 1 aromatic carbocycles. The van der Waals surface area contributed by atoms with Gasteiger partial charge >= 0.3 is 0 Å². The van der Waals surface area contributed by atoms with Gasteiger partial charge in [0.15, 0.2) is 6.19 Å². The fraction of sp³-hybridized carbons (Fsp3) is 0.294. The quantitative estimate of drug-likeness (QED) is 0.659. The summed E-state index contributed by atoms with van der Waals surface area (Å²) in [5.74, 6) is 0.497. The van der Waals surface area contributed by atoms with Crippen molar-refractivity contribution >= 4 is 17.2 Å². The first kappa shape index (κ1) is 14.6. The molecule has 0 unspecified atom stereocenters. The van der Waals surface area contributed by atoms with Crippen molar-refractivity contribution in [3.8, 4) is 16.6 Å². The third-order valence-electron chi connectivity index (χ3n) is 3.93. The van der Waals surface area contributed by atoms with Crippen molar-refractivity contribution in [3.05, 3.63) is 47.3 Å². The van der Waals surface area contributed by atoms with Crippen LogP contribution in [0.2, 0.25) is 0 Å². The maximum atomic E-state index is 12.2. The number of nitrogens with zero attached hydrogens (tertiary/aromatic N) is 1. The van der Waals surface area contributed by atoms with Crippen LogP contribution in [-0.2, 0) is 0 Å². The third kappa shape index (κ3) is 3.29. The van der Waals surface area contributed by atoms with E-state index in [0.717, 1.165) is 28.2 Å². The molecule has 2 N–H and O–H groups in total. The largest absolute Gasteiger partial charge is 0.349 e. The predicted octanol–water partition coefficient (Wildman–Crippen LogP) is 2.99. The molecule has 1 fully saturated rings. The van der Waals surface area contributed by atoms with Gasteiger partial charge in [-0.1, -0.05) is 30.3 Å². The first-order valence-corrected chi connectivity index (χ1v) is 8.16. The average Bonchev–Trinajstić information content (AvgIpc) is 3.00. The van der Waals surface area contributed by atoms with E-state index in [1.165, 1.54) is 11.3 Å². The second kappa shape index (κ2) is 6.63. The van der Waals surface area contributed by atoms with Crippen LogP contribution in [0.15, 0.2) is 42.5 Å². The van der Waals surface area contributed by atoms with E-state index in [9.17, 15) is 4.79 Å². The van der Waals surface area contributed by atoms with Crippen LogP contribution in [-0.4, -0.2) is 18.5 Å². The molecular weight excluding hydrogens is 294 g/mol. The zero-order chi connectivity index (χ0) is 15.4. The summed E-state index contributed by atoms with van der Waals surface area (Å²) in [7, 11) is 0. The molecule has 22 heavy (non-hydrogen) atoms. The summed E-state index contributed by atoms with van der Waals surface area (Å²) in [6, 6.07) is 14.2. The maximum absolute atomic E-state index is 12.2. The Kier molecular flexibility index (Phi) is 4.40. The second-order valence-corrected chi connectivity index (χ2v) is 6.61. The predicted molar refractivity (Wildman–Crippen MR) is 87.3 cm³/mol. The van der Waals surface area contributed by atoms with Crippen LogP contribution in [0.1, 0.15) is 22.5 Å². The molecule has 4 nitrogen and oxygen atoms in total. The minimum atomic E-state index is 0.00359. The van der Waals surface area contributed by atoms with Gasteiger partial charge in [0.1, 0.15) is 0 Å². The molecule has 1 saturated carbocycles. The first-order valence-electron chi connectivity index (χ1n) is 7.34. The van der Waals surface area contributed by atoms with E-state index in [1.807, 2.05) is 48.7 Å². The SMILES string of the molecule is N#CNCC1CC(NC(=O)c2ccc(-c3ccccc3)s2)C1. The number of hydrogen-bond donors (Lipinski definition) is 2. The monoisotopic (exact) mass is 311 g/mol. The summed E-state index contributed by atoms with van der Waals surface area (Å²) in [5, 5.41) is 14.2. The van der Waals surface area contributed by atoms with E-state index < -0.39 is 0 Å². The van der Waals surface area contributed by atoms with Gasteiger partial charge in [-0.05, 0) is 36.5 Å². The summed E-state index contributed by atoms with van der Waals surface area (Å²) in [6.45, 7) is 0.708. The van der Waals surface area contributed by atoms with E-state index >= 15 is 0 Å². The van der Waals surface area contributed by atoms with Crippen LogP contribution in [0.3, 0.4) is 0 Å². The molecule has 0 spiro atoms. The molecule has 3 rings (SSSR count). The van der Waals surface area contributed by atoms with Gasteiger partial charge in [-0.3, -0.25) is 4.79 Å². The topological polar surface area (TPSA) is 64.9 Å². The third-order valence-corrected chi connectivity index (χ3v) is 5.06. The number of rotatable bonds is 5. The number of nitriles is 1. The molecule has 112 valence electrons. The van der Waals surface area contributed by atoms with E-state index in [-0.39, 0.29) is 11.9 Å². The van der Waals surface area contributed by atoms with E-state index in [1.54, 1.807) is 0 Å². The molecule has 5 heteroatoms. The highest BCUT2D eigenvalue weighted by atomic mass is 32.1. The number of hydrogen-bond acceptors (Lipinski definition) is 4. The molecule has 0 radical (unpaired) electrons. The van der Waals surface area contributed by atoms with E-state index in [2.05, 4.69) is 10.6 Å². The number of amides is 1. The fourth-order valence-corrected chi connectivity index (χ4v) is 3.60. The molecule has 2 aromatic rings. The highest BCUT2D eigenvalue weighted by Crippen LogP contribution is 2.30. The zero-order valence-electron chi connectivity index (χ0n) is 12.1.